The van der Waals surface area contributed by atoms with Crippen LogP contribution in [0.25, 0.3) is 0 Å². The van der Waals surface area contributed by atoms with Gasteiger partial charge in [-0.15, -0.1) is 24.0 Å². The first-order valence-electron chi connectivity index (χ1n) is 9.35. The van der Waals surface area contributed by atoms with Gasteiger partial charge in [0.2, 0.25) is 0 Å². The Hall–Kier alpha value is -0.170. The van der Waals surface area contributed by atoms with E-state index in [4.69, 9.17) is 14.2 Å². The summed E-state index contributed by atoms with van der Waals surface area (Å²) >= 11 is 0. The molecule has 10 heteroatoms. The number of nitrogens with zero attached hydrogens (tertiary/aromatic N) is 2. The maximum absolute atomic E-state index is 11.0. The molecule has 0 saturated carbocycles. The van der Waals surface area contributed by atoms with Gasteiger partial charge in [0, 0.05) is 46.2 Å². The van der Waals surface area contributed by atoms with Gasteiger partial charge in [-0.1, -0.05) is 0 Å². The normalized spacial score (nSPS) is 16.3. The fourth-order valence-electron chi connectivity index (χ4n) is 2.64. The van der Waals surface area contributed by atoms with E-state index in [1.165, 1.54) is 6.26 Å². The van der Waals surface area contributed by atoms with E-state index in [0.717, 1.165) is 58.1 Å². The molecule has 0 bridgehead atoms. The third-order valence-electron chi connectivity index (χ3n) is 4.02. The molecule has 0 atom stereocenters. The van der Waals surface area contributed by atoms with Crippen molar-refractivity contribution in [2.75, 3.05) is 71.7 Å². The van der Waals surface area contributed by atoms with E-state index < -0.39 is 9.84 Å². The maximum atomic E-state index is 11.0. The second kappa shape index (κ2) is 15.7. The van der Waals surface area contributed by atoms with E-state index in [1.807, 2.05) is 6.92 Å². The molecule has 0 radical (unpaired) electrons. The topological polar surface area (TPSA) is 89.5 Å². The number of piperidine rings is 1. The second-order valence-corrected chi connectivity index (χ2v) is 8.64. The summed E-state index contributed by atoms with van der Waals surface area (Å²) in [5.41, 5.74) is 0. The van der Waals surface area contributed by atoms with E-state index in [-0.39, 0.29) is 36.3 Å². The highest BCUT2D eigenvalue weighted by Gasteiger charge is 2.21. The lowest BCUT2D eigenvalue weighted by atomic mass is 10.1. The zero-order valence-electron chi connectivity index (χ0n) is 16.8. The summed E-state index contributed by atoms with van der Waals surface area (Å²) in [6.45, 7) is 7.32. The molecule has 162 valence electrons. The monoisotopic (exact) mass is 521 g/mol. The van der Waals surface area contributed by atoms with Gasteiger partial charge in [0.25, 0.3) is 0 Å². The molecule has 0 amide bonds. The van der Waals surface area contributed by atoms with Gasteiger partial charge in [0.05, 0.1) is 31.6 Å². The van der Waals surface area contributed by atoms with Crippen LogP contribution in [0.5, 0.6) is 0 Å². The molecular formula is C17H36IN3O5S. The van der Waals surface area contributed by atoms with Gasteiger partial charge in [-0.25, -0.2) is 8.42 Å². The molecule has 8 nitrogen and oxygen atoms in total. The molecule has 1 aliphatic heterocycles. The van der Waals surface area contributed by atoms with Crippen LogP contribution in [0.3, 0.4) is 0 Å². The average Bonchev–Trinajstić information content (AvgIpc) is 2.60. The van der Waals surface area contributed by atoms with E-state index in [9.17, 15) is 8.42 Å². The van der Waals surface area contributed by atoms with Crippen LogP contribution in [-0.2, 0) is 24.0 Å². The number of likely N-dealkylation sites (tertiary alicyclic amines) is 1. The Morgan fingerprint density at radius 3 is 2.48 bits per heavy atom. The molecule has 1 rings (SSSR count). The zero-order chi connectivity index (χ0) is 19.3. The Bertz CT molecular complexity index is 497. The molecule has 0 spiro atoms. The molecule has 0 aromatic rings. The summed E-state index contributed by atoms with van der Waals surface area (Å²) in [5, 5.41) is 3.31. The van der Waals surface area contributed by atoms with Crippen molar-refractivity contribution < 1.29 is 22.6 Å². The summed E-state index contributed by atoms with van der Waals surface area (Å²) < 4.78 is 38.4. The molecule has 1 heterocycles. The summed E-state index contributed by atoms with van der Waals surface area (Å²) in [7, 11) is -1.26. The Kier molecular flexibility index (Phi) is 15.6. The van der Waals surface area contributed by atoms with Crippen molar-refractivity contribution in [2.24, 2.45) is 4.99 Å². The number of sulfone groups is 1. The van der Waals surface area contributed by atoms with Gasteiger partial charge in [0.15, 0.2) is 5.96 Å². The first-order valence-corrected chi connectivity index (χ1v) is 11.4. The first-order chi connectivity index (χ1) is 12.5. The molecular weight excluding hydrogens is 485 g/mol. The SMILES string of the molecule is CCNC(=NCCOCCS(C)(=O)=O)N1CCC(OCCCOC)CC1.I. The lowest BCUT2D eigenvalue weighted by Gasteiger charge is -2.34. The van der Waals surface area contributed by atoms with Crippen LogP contribution in [0, 0.1) is 0 Å². The maximum Gasteiger partial charge on any atom is 0.193 e. The highest BCUT2D eigenvalue weighted by atomic mass is 127. The van der Waals surface area contributed by atoms with E-state index >= 15 is 0 Å². The predicted octanol–water partition coefficient (Wildman–Crippen LogP) is 1.15. The fraction of sp³-hybridized carbons (Fsp3) is 0.941. The first kappa shape index (κ1) is 26.8. The number of rotatable bonds is 12. The number of hydrogen-bond donors (Lipinski definition) is 1. The van der Waals surface area contributed by atoms with Gasteiger partial charge >= 0.3 is 0 Å². The van der Waals surface area contributed by atoms with Crippen molar-refractivity contribution in [1.29, 1.82) is 0 Å². The minimum Gasteiger partial charge on any atom is -0.385 e. The zero-order valence-corrected chi connectivity index (χ0v) is 20.0. The van der Waals surface area contributed by atoms with E-state index in [1.54, 1.807) is 7.11 Å². The molecule has 1 N–H and O–H groups in total. The number of hydrogen-bond acceptors (Lipinski definition) is 6. The molecule has 1 fully saturated rings. The summed E-state index contributed by atoms with van der Waals surface area (Å²) in [6.07, 6.45) is 4.43. The average molecular weight is 521 g/mol. The van der Waals surface area contributed by atoms with Crippen LogP contribution in [0.2, 0.25) is 0 Å². The van der Waals surface area contributed by atoms with Gasteiger partial charge in [-0.2, -0.15) is 0 Å². The summed E-state index contributed by atoms with van der Waals surface area (Å²) in [6, 6.07) is 0. The second-order valence-electron chi connectivity index (χ2n) is 6.38. The van der Waals surface area contributed by atoms with E-state index in [0.29, 0.717) is 19.3 Å². The van der Waals surface area contributed by atoms with Crippen molar-refractivity contribution in [1.82, 2.24) is 10.2 Å². The van der Waals surface area contributed by atoms with Crippen molar-refractivity contribution >= 4 is 39.8 Å². The number of nitrogens with one attached hydrogen (secondary N) is 1. The number of guanidine groups is 1. The molecule has 0 aliphatic carbocycles. The Morgan fingerprint density at radius 1 is 1.19 bits per heavy atom. The molecule has 0 aromatic heterocycles. The van der Waals surface area contributed by atoms with Crippen molar-refractivity contribution in [2.45, 2.75) is 32.3 Å². The van der Waals surface area contributed by atoms with Gasteiger partial charge in [-0.05, 0) is 26.2 Å². The van der Waals surface area contributed by atoms with Crippen molar-refractivity contribution in [3.63, 3.8) is 0 Å². The third kappa shape index (κ3) is 13.6. The van der Waals surface area contributed by atoms with Crippen LogP contribution in [0.4, 0.5) is 0 Å². The van der Waals surface area contributed by atoms with Crippen LogP contribution in [-0.4, -0.2) is 97.1 Å². The fourth-order valence-corrected chi connectivity index (χ4v) is 3.06. The summed E-state index contributed by atoms with van der Waals surface area (Å²) in [5.74, 6) is 0.936. The number of ether oxygens (including phenoxy) is 3. The van der Waals surface area contributed by atoms with Crippen LogP contribution in [0.15, 0.2) is 4.99 Å². The van der Waals surface area contributed by atoms with Crippen molar-refractivity contribution in [3.8, 4) is 0 Å². The standard InChI is InChI=1S/C17H35N3O5S.HI/c1-4-18-17(19-8-13-24-14-15-26(3,21)22)20-9-6-16(7-10-20)25-12-5-11-23-2;/h16H,4-15H2,1-3H3,(H,18,19);1H. The van der Waals surface area contributed by atoms with Crippen LogP contribution < -0.4 is 5.32 Å². The third-order valence-corrected chi connectivity index (χ3v) is 4.93. The Labute approximate surface area is 181 Å². The lowest BCUT2D eigenvalue weighted by Crippen LogP contribution is -2.47. The van der Waals surface area contributed by atoms with Crippen molar-refractivity contribution in [3.05, 3.63) is 0 Å². The van der Waals surface area contributed by atoms with Gasteiger partial charge < -0.3 is 24.4 Å². The Morgan fingerprint density at radius 2 is 1.89 bits per heavy atom. The Balaban J connectivity index is 0.00000676. The number of methoxy groups -OCH3 is 1. The molecule has 27 heavy (non-hydrogen) atoms. The van der Waals surface area contributed by atoms with Gasteiger partial charge in [0.1, 0.15) is 9.84 Å². The van der Waals surface area contributed by atoms with Crippen LogP contribution in [0.1, 0.15) is 26.2 Å². The van der Waals surface area contributed by atoms with Gasteiger partial charge in [-0.3, -0.25) is 4.99 Å². The highest BCUT2D eigenvalue weighted by molar-refractivity contribution is 14.0. The smallest absolute Gasteiger partial charge is 0.193 e. The lowest BCUT2D eigenvalue weighted by molar-refractivity contribution is 0.00988. The predicted molar refractivity (Wildman–Crippen MR) is 119 cm³/mol. The minimum atomic E-state index is -2.97. The molecule has 0 aromatic carbocycles. The van der Waals surface area contributed by atoms with Crippen LogP contribution >= 0.6 is 24.0 Å². The highest BCUT2D eigenvalue weighted by Crippen LogP contribution is 2.14. The molecule has 0 unspecified atom stereocenters. The largest absolute Gasteiger partial charge is 0.385 e. The molecule has 1 aliphatic rings. The quantitative estimate of drug-likeness (QED) is 0.178. The molecule has 1 saturated heterocycles. The van der Waals surface area contributed by atoms with E-state index in [2.05, 4.69) is 15.2 Å². The number of aliphatic imine (C=N–C) groups is 1. The summed E-state index contributed by atoms with van der Waals surface area (Å²) in [4.78, 5) is 6.83. The number of halogens is 1. The minimum absolute atomic E-state index is 0.